The van der Waals surface area contributed by atoms with Crippen LogP contribution in [0, 0.1) is 5.92 Å². The van der Waals surface area contributed by atoms with Gasteiger partial charge in [0.25, 0.3) is 5.91 Å². The minimum atomic E-state index is -0.928. The van der Waals surface area contributed by atoms with Crippen molar-refractivity contribution in [3.8, 4) is 5.75 Å². The molecule has 1 aromatic rings. The largest absolute Gasteiger partial charge is 0.496 e. The van der Waals surface area contributed by atoms with Gasteiger partial charge in [0.1, 0.15) is 17.8 Å². The SMILES string of the molecule is COc1ccccc1C(=O)COC(=O)CN1C(=O)N[C@]2(CCCC[C@@H]2C)C1=O. The maximum absolute atomic E-state index is 12.8. The second-order valence-corrected chi connectivity index (χ2v) is 7.22. The lowest BCUT2D eigenvalue weighted by Crippen LogP contribution is -2.54. The summed E-state index contributed by atoms with van der Waals surface area (Å²) in [5.41, 5.74) is -0.634. The molecule has 3 rings (SSSR count). The maximum atomic E-state index is 12.8. The standard InChI is InChI=1S/C20H24N2O6/c1-13-7-5-6-10-20(13)18(25)22(19(26)21-20)11-17(24)28-12-15(23)14-8-3-4-9-16(14)27-2/h3-4,8-9,13H,5-7,10-12H2,1-2H3,(H,21,26)/t13-,20-/m0/s1. The zero-order chi connectivity index (χ0) is 20.3. The number of Topliss-reactive ketones (excluding diaryl/α,β-unsaturated/α-hetero) is 1. The Balaban J connectivity index is 1.60. The van der Waals surface area contributed by atoms with Gasteiger partial charge < -0.3 is 14.8 Å². The number of carbonyl (C=O) groups excluding carboxylic acids is 4. The first kappa shape index (κ1) is 19.9. The van der Waals surface area contributed by atoms with Crippen molar-refractivity contribution in [3.05, 3.63) is 29.8 Å². The number of methoxy groups -OCH3 is 1. The van der Waals surface area contributed by atoms with E-state index in [9.17, 15) is 19.2 Å². The average Bonchev–Trinajstić information content (AvgIpc) is 2.93. The number of nitrogens with one attached hydrogen (secondary N) is 1. The normalized spacial score (nSPS) is 24.2. The molecule has 3 amide bonds. The van der Waals surface area contributed by atoms with Crippen molar-refractivity contribution in [1.82, 2.24) is 10.2 Å². The fourth-order valence-corrected chi connectivity index (χ4v) is 3.91. The summed E-state index contributed by atoms with van der Waals surface area (Å²) in [6.07, 6.45) is 3.27. The first-order valence-electron chi connectivity index (χ1n) is 9.35. The van der Waals surface area contributed by atoms with Crippen molar-refractivity contribution in [2.75, 3.05) is 20.3 Å². The number of carbonyl (C=O) groups is 4. The number of benzene rings is 1. The highest BCUT2D eigenvalue weighted by molar-refractivity contribution is 6.09. The Morgan fingerprint density at radius 3 is 2.71 bits per heavy atom. The number of ether oxygens (including phenoxy) is 2. The predicted molar refractivity (Wildman–Crippen MR) is 98.9 cm³/mol. The Hall–Kier alpha value is -2.90. The third-order valence-electron chi connectivity index (χ3n) is 5.56. The fraction of sp³-hybridized carbons (Fsp3) is 0.500. The lowest BCUT2D eigenvalue weighted by atomic mass is 9.73. The van der Waals surface area contributed by atoms with Crippen molar-refractivity contribution >= 4 is 23.7 Å². The van der Waals surface area contributed by atoms with Crippen LogP contribution in [0.25, 0.3) is 0 Å². The van der Waals surface area contributed by atoms with Gasteiger partial charge in [-0.05, 0) is 30.9 Å². The molecule has 8 heteroatoms. The van der Waals surface area contributed by atoms with E-state index in [1.807, 2.05) is 6.92 Å². The van der Waals surface area contributed by atoms with E-state index in [2.05, 4.69) is 5.32 Å². The molecule has 2 atom stereocenters. The molecule has 1 aliphatic carbocycles. The minimum Gasteiger partial charge on any atom is -0.496 e. The summed E-state index contributed by atoms with van der Waals surface area (Å²) in [6.45, 7) is 0.924. The molecule has 1 saturated heterocycles. The summed E-state index contributed by atoms with van der Waals surface area (Å²) in [6, 6.07) is 6.01. The molecule has 1 spiro atoms. The topological polar surface area (TPSA) is 102 Å². The van der Waals surface area contributed by atoms with Crippen LogP contribution >= 0.6 is 0 Å². The van der Waals surface area contributed by atoms with Crippen LogP contribution in [-0.4, -0.2) is 54.4 Å². The Morgan fingerprint density at radius 2 is 2.00 bits per heavy atom. The number of nitrogens with zero attached hydrogens (tertiary/aromatic N) is 1. The zero-order valence-electron chi connectivity index (χ0n) is 16.0. The number of esters is 1. The van der Waals surface area contributed by atoms with Crippen molar-refractivity contribution in [2.45, 2.75) is 38.1 Å². The van der Waals surface area contributed by atoms with Crippen molar-refractivity contribution in [3.63, 3.8) is 0 Å². The molecule has 0 unspecified atom stereocenters. The number of imide groups is 1. The van der Waals surface area contributed by atoms with Crippen LogP contribution in [0.15, 0.2) is 24.3 Å². The predicted octanol–water partition coefficient (Wildman–Crippen LogP) is 1.92. The molecule has 0 bridgehead atoms. The van der Waals surface area contributed by atoms with Crippen LogP contribution in [0.2, 0.25) is 0 Å². The lowest BCUT2D eigenvalue weighted by Gasteiger charge is -2.36. The van der Waals surface area contributed by atoms with Gasteiger partial charge in [-0.1, -0.05) is 31.9 Å². The third kappa shape index (κ3) is 3.58. The molecule has 1 saturated carbocycles. The molecule has 1 aromatic carbocycles. The Labute approximate surface area is 163 Å². The summed E-state index contributed by atoms with van der Waals surface area (Å²) in [5.74, 6) is -1.25. The van der Waals surface area contributed by atoms with E-state index < -0.39 is 42.4 Å². The number of ketones is 1. The number of urea groups is 1. The minimum absolute atomic E-state index is 0.00541. The molecule has 150 valence electrons. The Morgan fingerprint density at radius 1 is 1.25 bits per heavy atom. The van der Waals surface area contributed by atoms with Gasteiger partial charge in [-0.2, -0.15) is 0 Å². The van der Waals surface area contributed by atoms with Gasteiger partial charge in [-0.15, -0.1) is 0 Å². The summed E-state index contributed by atoms with van der Waals surface area (Å²) < 4.78 is 10.1. The summed E-state index contributed by atoms with van der Waals surface area (Å²) >= 11 is 0. The van der Waals surface area contributed by atoms with E-state index in [1.165, 1.54) is 7.11 Å². The summed E-state index contributed by atoms with van der Waals surface area (Å²) in [4.78, 5) is 50.4. The van der Waals surface area contributed by atoms with Crippen LogP contribution in [0.3, 0.4) is 0 Å². The van der Waals surface area contributed by atoms with Gasteiger partial charge >= 0.3 is 12.0 Å². The van der Waals surface area contributed by atoms with E-state index in [4.69, 9.17) is 9.47 Å². The van der Waals surface area contributed by atoms with E-state index in [-0.39, 0.29) is 5.92 Å². The second kappa shape index (κ2) is 8.00. The van der Waals surface area contributed by atoms with Crippen LogP contribution in [0.4, 0.5) is 4.79 Å². The van der Waals surface area contributed by atoms with E-state index >= 15 is 0 Å². The highest BCUT2D eigenvalue weighted by Crippen LogP contribution is 2.38. The number of hydrogen-bond acceptors (Lipinski definition) is 6. The number of rotatable bonds is 6. The number of para-hydroxylation sites is 1. The van der Waals surface area contributed by atoms with E-state index in [0.717, 1.165) is 24.2 Å². The molecule has 0 radical (unpaired) electrons. The van der Waals surface area contributed by atoms with Crippen molar-refractivity contribution < 1.29 is 28.7 Å². The molecule has 1 heterocycles. The van der Waals surface area contributed by atoms with Gasteiger partial charge in [-0.25, -0.2) is 4.79 Å². The maximum Gasteiger partial charge on any atom is 0.326 e. The van der Waals surface area contributed by atoms with Crippen LogP contribution in [0.1, 0.15) is 43.0 Å². The zero-order valence-corrected chi connectivity index (χ0v) is 16.0. The smallest absolute Gasteiger partial charge is 0.326 e. The number of amides is 3. The van der Waals surface area contributed by atoms with Crippen LogP contribution < -0.4 is 10.1 Å². The Kier molecular flexibility index (Phi) is 5.67. The molecule has 8 nitrogen and oxygen atoms in total. The quantitative estimate of drug-likeness (QED) is 0.454. The molecule has 2 aliphatic rings. The monoisotopic (exact) mass is 388 g/mol. The highest BCUT2D eigenvalue weighted by atomic mass is 16.5. The molecule has 28 heavy (non-hydrogen) atoms. The van der Waals surface area contributed by atoms with Crippen molar-refractivity contribution in [1.29, 1.82) is 0 Å². The fourth-order valence-electron chi connectivity index (χ4n) is 3.91. The van der Waals surface area contributed by atoms with Crippen LogP contribution in [0.5, 0.6) is 5.75 Å². The second-order valence-electron chi connectivity index (χ2n) is 7.22. The number of hydrogen-bond donors (Lipinski definition) is 1. The van der Waals surface area contributed by atoms with Gasteiger partial charge in [0.15, 0.2) is 6.61 Å². The third-order valence-corrected chi connectivity index (χ3v) is 5.56. The van der Waals surface area contributed by atoms with Gasteiger partial charge in [0, 0.05) is 0 Å². The molecule has 2 fully saturated rings. The van der Waals surface area contributed by atoms with Gasteiger partial charge in [0.05, 0.1) is 12.7 Å². The molecular weight excluding hydrogens is 364 g/mol. The highest BCUT2D eigenvalue weighted by Gasteiger charge is 2.55. The summed E-state index contributed by atoms with van der Waals surface area (Å²) in [5, 5.41) is 2.78. The first-order valence-corrected chi connectivity index (χ1v) is 9.35. The molecular formula is C20H24N2O6. The van der Waals surface area contributed by atoms with Gasteiger partial charge in [-0.3, -0.25) is 19.3 Å². The molecule has 0 aromatic heterocycles. The van der Waals surface area contributed by atoms with E-state index in [1.54, 1.807) is 24.3 Å². The van der Waals surface area contributed by atoms with Crippen LogP contribution in [-0.2, 0) is 14.3 Å². The summed E-state index contributed by atoms with van der Waals surface area (Å²) in [7, 11) is 1.44. The van der Waals surface area contributed by atoms with E-state index in [0.29, 0.717) is 17.7 Å². The molecule has 1 aliphatic heterocycles. The first-order chi connectivity index (χ1) is 13.4. The molecule has 1 N–H and O–H groups in total. The van der Waals surface area contributed by atoms with Gasteiger partial charge in [0.2, 0.25) is 5.78 Å². The Bertz CT molecular complexity index is 808. The lowest BCUT2D eigenvalue weighted by molar-refractivity contribution is -0.147. The average molecular weight is 388 g/mol. The van der Waals surface area contributed by atoms with Crippen molar-refractivity contribution in [2.24, 2.45) is 5.92 Å².